The van der Waals surface area contributed by atoms with Gasteiger partial charge in [0.2, 0.25) is 0 Å². The van der Waals surface area contributed by atoms with Crippen molar-refractivity contribution < 1.29 is 4.74 Å². The van der Waals surface area contributed by atoms with Crippen LogP contribution in [-0.2, 0) is 11.3 Å². The highest BCUT2D eigenvalue weighted by atomic mass is 35.5. The van der Waals surface area contributed by atoms with Crippen LogP contribution in [0.15, 0.2) is 18.2 Å². The van der Waals surface area contributed by atoms with Gasteiger partial charge >= 0.3 is 0 Å². The number of hydrogen-bond donors (Lipinski definition) is 0. The van der Waals surface area contributed by atoms with Crippen LogP contribution in [0.1, 0.15) is 17.5 Å². The van der Waals surface area contributed by atoms with E-state index in [9.17, 15) is 0 Å². The van der Waals surface area contributed by atoms with Gasteiger partial charge in [0.25, 0.3) is 0 Å². The number of nitrogens with zero attached hydrogens (tertiary/aromatic N) is 2. The molecule has 0 bridgehead atoms. The average Bonchev–Trinajstić information content (AvgIpc) is 2.60. The lowest BCUT2D eigenvalue weighted by Gasteiger charge is -2.19. The third kappa shape index (κ3) is 3.44. The van der Waals surface area contributed by atoms with Crippen LogP contribution in [0.5, 0.6) is 0 Å². The molecule has 0 aromatic heterocycles. The first-order valence-corrected chi connectivity index (χ1v) is 6.16. The number of rotatable bonds is 2. The number of hydrogen-bond acceptors (Lipinski definition) is 3. The third-order valence-corrected chi connectivity index (χ3v) is 3.24. The molecule has 4 heteroatoms. The highest BCUT2D eigenvalue weighted by Crippen LogP contribution is 2.19. The SMILES string of the molecule is N#Cc1ccc(CN2CCCOCC2)c(Cl)c1. The molecule has 0 spiro atoms. The highest BCUT2D eigenvalue weighted by molar-refractivity contribution is 6.31. The molecule has 1 aromatic rings. The average molecular weight is 251 g/mol. The second-order valence-electron chi connectivity index (χ2n) is 4.16. The lowest BCUT2D eigenvalue weighted by molar-refractivity contribution is 0.140. The summed E-state index contributed by atoms with van der Waals surface area (Å²) in [6, 6.07) is 7.57. The molecule has 1 fully saturated rings. The molecule has 3 nitrogen and oxygen atoms in total. The summed E-state index contributed by atoms with van der Waals surface area (Å²) in [6.07, 6.45) is 1.06. The van der Waals surface area contributed by atoms with Crippen molar-refractivity contribution in [1.82, 2.24) is 4.90 Å². The van der Waals surface area contributed by atoms with E-state index in [-0.39, 0.29) is 0 Å². The summed E-state index contributed by atoms with van der Waals surface area (Å²) in [4.78, 5) is 2.33. The van der Waals surface area contributed by atoms with Crippen LogP contribution in [0.3, 0.4) is 0 Å². The Balaban J connectivity index is 2.05. The monoisotopic (exact) mass is 250 g/mol. The maximum absolute atomic E-state index is 8.78. The summed E-state index contributed by atoms with van der Waals surface area (Å²) in [5.74, 6) is 0. The van der Waals surface area contributed by atoms with Crippen LogP contribution in [0.2, 0.25) is 5.02 Å². The Morgan fingerprint density at radius 1 is 1.35 bits per heavy atom. The van der Waals surface area contributed by atoms with Crippen molar-refractivity contribution in [3.05, 3.63) is 34.3 Å². The molecule has 1 aromatic carbocycles. The molecule has 1 aliphatic heterocycles. The van der Waals surface area contributed by atoms with Crippen LogP contribution >= 0.6 is 11.6 Å². The third-order valence-electron chi connectivity index (χ3n) is 2.89. The lowest BCUT2D eigenvalue weighted by atomic mass is 10.1. The fourth-order valence-corrected chi connectivity index (χ4v) is 2.18. The molecule has 1 heterocycles. The van der Waals surface area contributed by atoms with E-state index in [4.69, 9.17) is 21.6 Å². The summed E-state index contributed by atoms with van der Waals surface area (Å²) in [6.45, 7) is 4.44. The molecule has 2 rings (SSSR count). The maximum Gasteiger partial charge on any atom is 0.0992 e. The van der Waals surface area contributed by atoms with E-state index < -0.39 is 0 Å². The molecule has 1 aliphatic rings. The summed E-state index contributed by atoms with van der Waals surface area (Å²) in [7, 11) is 0. The van der Waals surface area contributed by atoms with Gasteiger partial charge in [0, 0.05) is 31.3 Å². The lowest BCUT2D eigenvalue weighted by Crippen LogP contribution is -2.25. The standard InChI is InChI=1S/C13H15ClN2O/c14-13-8-11(9-15)2-3-12(13)10-16-4-1-6-17-7-5-16/h2-3,8H,1,4-7,10H2. The first-order chi connectivity index (χ1) is 8.29. The van der Waals surface area contributed by atoms with Crippen molar-refractivity contribution in [2.45, 2.75) is 13.0 Å². The number of ether oxygens (including phenoxy) is 1. The van der Waals surface area contributed by atoms with E-state index in [0.29, 0.717) is 10.6 Å². The highest BCUT2D eigenvalue weighted by Gasteiger charge is 2.11. The predicted molar refractivity (Wildman–Crippen MR) is 66.9 cm³/mol. The molecule has 0 amide bonds. The second-order valence-corrected chi connectivity index (χ2v) is 4.57. The zero-order chi connectivity index (χ0) is 12.1. The number of nitriles is 1. The maximum atomic E-state index is 8.78. The molecular weight excluding hydrogens is 236 g/mol. The van der Waals surface area contributed by atoms with E-state index in [1.165, 1.54) is 0 Å². The second kappa shape index (κ2) is 6.02. The Morgan fingerprint density at radius 2 is 2.24 bits per heavy atom. The van der Waals surface area contributed by atoms with Crippen molar-refractivity contribution in [2.75, 3.05) is 26.3 Å². The van der Waals surface area contributed by atoms with Crippen molar-refractivity contribution in [2.24, 2.45) is 0 Å². The predicted octanol–water partition coefficient (Wildman–Crippen LogP) is 2.43. The first kappa shape index (κ1) is 12.4. The fraction of sp³-hybridized carbons (Fsp3) is 0.462. The van der Waals surface area contributed by atoms with Gasteiger partial charge in [-0.2, -0.15) is 5.26 Å². The van der Waals surface area contributed by atoms with Crippen LogP contribution in [0.4, 0.5) is 0 Å². The Labute approximate surface area is 107 Å². The van der Waals surface area contributed by atoms with Crippen molar-refractivity contribution in [3.8, 4) is 6.07 Å². The molecule has 90 valence electrons. The van der Waals surface area contributed by atoms with E-state index in [1.807, 2.05) is 12.1 Å². The molecule has 0 unspecified atom stereocenters. The smallest absolute Gasteiger partial charge is 0.0992 e. The normalized spacial score (nSPS) is 17.4. The Kier molecular flexibility index (Phi) is 4.38. The number of halogens is 1. The molecule has 1 saturated heterocycles. The van der Waals surface area contributed by atoms with Gasteiger partial charge in [-0.1, -0.05) is 17.7 Å². The van der Waals surface area contributed by atoms with Crippen LogP contribution in [0, 0.1) is 11.3 Å². The van der Waals surface area contributed by atoms with Gasteiger partial charge in [-0.15, -0.1) is 0 Å². The minimum atomic E-state index is 0.609. The summed E-state index contributed by atoms with van der Waals surface area (Å²) < 4.78 is 5.41. The Morgan fingerprint density at radius 3 is 3.00 bits per heavy atom. The minimum absolute atomic E-state index is 0.609. The molecule has 0 atom stereocenters. The van der Waals surface area contributed by atoms with Crippen molar-refractivity contribution in [3.63, 3.8) is 0 Å². The Hall–Kier alpha value is -1.08. The summed E-state index contributed by atoms with van der Waals surface area (Å²) in [5.41, 5.74) is 1.69. The molecule has 0 radical (unpaired) electrons. The topological polar surface area (TPSA) is 36.3 Å². The molecule has 0 aliphatic carbocycles. The van der Waals surface area contributed by atoms with Crippen molar-refractivity contribution in [1.29, 1.82) is 5.26 Å². The van der Waals surface area contributed by atoms with Gasteiger partial charge < -0.3 is 4.74 Å². The zero-order valence-corrected chi connectivity index (χ0v) is 10.4. The van der Waals surface area contributed by atoms with Gasteiger partial charge in [0.1, 0.15) is 0 Å². The minimum Gasteiger partial charge on any atom is -0.380 e. The molecule has 0 saturated carbocycles. The zero-order valence-electron chi connectivity index (χ0n) is 9.66. The van der Waals surface area contributed by atoms with Gasteiger partial charge in [-0.3, -0.25) is 4.90 Å². The Bertz CT molecular complexity index is 420. The van der Waals surface area contributed by atoms with Crippen LogP contribution in [-0.4, -0.2) is 31.2 Å². The van der Waals surface area contributed by atoms with E-state index in [2.05, 4.69) is 11.0 Å². The quantitative estimate of drug-likeness (QED) is 0.809. The van der Waals surface area contributed by atoms with Gasteiger partial charge in [-0.25, -0.2) is 0 Å². The summed E-state index contributed by atoms with van der Waals surface area (Å²) >= 11 is 6.16. The molecule has 17 heavy (non-hydrogen) atoms. The van der Waals surface area contributed by atoms with E-state index in [1.54, 1.807) is 6.07 Å². The van der Waals surface area contributed by atoms with Crippen LogP contribution < -0.4 is 0 Å². The van der Waals surface area contributed by atoms with Gasteiger partial charge in [-0.05, 0) is 24.1 Å². The van der Waals surface area contributed by atoms with Crippen molar-refractivity contribution >= 4 is 11.6 Å². The van der Waals surface area contributed by atoms with Crippen LogP contribution in [0.25, 0.3) is 0 Å². The largest absolute Gasteiger partial charge is 0.380 e. The molecule has 0 N–H and O–H groups in total. The van der Waals surface area contributed by atoms with Gasteiger partial charge in [0.15, 0.2) is 0 Å². The first-order valence-electron chi connectivity index (χ1n) is 5.78. The molecular formula is C13H15ClN2O. The van der Waals surface area contributed by atoms with Gasteiger partial charge in [0.05, 0.1) is 18.2 Å². The van der Waals surface area contributed by atoms with E-state index in [0.717, 1.165) is 44.8 Å². The van der Waals surface area contributed by atoms with E-state index >= 15 is 0 Å². The number of benzene rings is 1. The fourth-order valence-electron chi connectivity index (χ4n) is 1.94. The summed E-state index contributed by atoms with van der Waals surface area (Å²) in [5, 5.41) is 9.45.